The Morgan fingerprint density at radius 3 is 2.48 bits per heavy atom. The van der Waals surface area contributed by atoms with Gasteiger partial charge in [-0.25, -0.2) is 0 Å². The number of rotatable bonds is 8. The Kier molecular flexibility index (Phi) is 7.70. The first-order valence-electron chi connectivity index (χ1n) is 9.78. The van der Waals surface area contributed by atoms with Gasteiger partial charge in [-0.1, -0.05) is 61.5 Å². The van der Waals surface area contributed by atoms with E-state index in [1.807, 2.05) is 24.3 Å². The molecule has 3 rings (SSSR count). The van der Waals surface area contributed by atoms with Gasteiger partial charge in [0, 0.05) is 12.7 Å². The SMILES string of the molecule is CC(C)c1ccc(NC(=O)CSc2nnc(CNC(=O)c3ccccc3Cl)n2C)cc1. The predicted octanol–water partition coefficient (Wildman–Crippen LogP) is 4.25. The van der Waals surface area contributed by atoms with E-state index in [-0.39, 0.29) is 24.1 Å². The summed E-state index contributed by atoms with van der Waals surface area (Å²) in [6.07, 6.45) is 0. The van der Waals surface area contributed by atoms with Gasteiger partial charge in [-0.05, 0) is 35.7 Å². The molecule has 31 heavy (non-hydrogen) atoms. The number of halogens is 1. The maximum atomic E-state index is 12.3. The van der Waals surface area contributed by atoms with E-state index in [2.05, 4.69) is 34.7 Å². The van der Waals surface area contributed by atoms with Gasteiger partial charge in [-0.2, -0.15) is 0 Å². The molecule has 0 saturated carbocycles. The van der Waals surface area contributed by atoms with Crippen molar-refractivity contribution in [1.29, 1.82) is 0 Å². The fourth-order valence-corrected chi connectivity index (χ4v) is 3.75. The highest BCUT2D eigenvalue weighted by Gasteiger charge is 2.14. The van der Waals surface area contributed by atoms with E-state index in [1.54, 1.807) is 35.9 Å². The van der Waals surface area contributed by atoms with Crippen LogP contribution >= 0.6 is 23.4 Å². The van der Waals surface area contributed by atoms with Crippen LogP contribution in [0, 0.1) is 0 Å². The largest absolute Gasteiger partial charge is 0.345 e. The third-order valence-corrected chi connectivity index (χ3v) is 5.99. The molecule has 0 aliphatic carbocycles. The van der Waals surface area contributed by atoms with Gasteiger partial charge in [-0.15, -0.1) is 10.2 Å². The number of nitrogens with zero attached hydrogens (tertiary/aromatic N) is 3. The van der Waals surface area contributed by atoms with Crippen LogP contribution in [0.15, 0.2) is 53.7 Å². The normalized spacial score (nSPS) is 10.9. The standard InChI is InChI=1S/C22H24ClN5O2S/c1-14(2)15-8-10-16(11-9-15)25-20(29)13-31-22-27-26-19(28(22)3)12-24-21(30)17-6-4-5-7-18(17)23/h4-11,14H,12-13H2,1-3H3,(H,24,30)(H,25,29). The number of hydrogen-bond donors (Lipinski definition) is 2. The summed E-state index contributed by atoms with van der Waals surface area (Å²) in [5.41, 5.74) is 2.38. The summed E-state index contributed by atoms with van der Waals surface area (Å²) in [4.78, 5) is 24.6. The highest BCUT2D eigenvalue weighted by atomic mass is 35.5. The second kappa shape index (κ2) is 10.5. The van der Waals surface area contributed by atoms with E-state index in [0.29, 0.717) is 27.5 Å². The molecule has 0 radical (unpaired) electrons. The van der Waals surface area contributed by atoms with Crippen LogP contribution in [0.1, 0.15) is 41.5 Å². The minimum Gasteiger partial charge on any atom is -0.345 e. The first-order valence-corrected chi connectivity index (χ1v) is 11.1. The summed E-state index contributed by atoms with van der Waals surface area (Å²) in [7, 11) is 1.79. The molecule has 0 fully saturated rings. The Hall–Kier alpha value is -2.84. The van der Waals surface area contributed by atoms with Crippen LogP contribution in [-0.2, 0) is 18.4 Å². The maximum Gasteiger partial charge on any atom is 0.253 e. The molecule has 0 aliphatic rings. The van der Waals surface area contributed by atoms with Gasteiger partial charge in [0.25, 0.3) is 5.91 Å². The van der Waals surface area contributed by atoms with Crippen molar-refractivity contribution in [1.82, 2.24) is 20.1 Å². The molecule has 0 atom stereocenters. The van der Waals surface area contributed by atoms with Crippen LogP contribution < -0.4 is 10.6 Å². The van der Waals surface area contributed by atoms with Crippen molar-refractivity contribution in [3.63, 3.8) is 0 Å². The van der Waals surface area contributed by atoms with Crippen molar-refractivity contribution in [2.45, 2.75) is 31.5 Å². The fraction of sp³-hybridized carbons (Fsp3) is 0.273. The first-order chi connectivity index (χ1) is 14.8. The van der Waals surface area contributed by atoms with Crippen molar-refractivity contribution in [3.05, 3.63) is 70.5 Å². The lowest BCUT2D eigenvalue weighted by atomic mass is 10.0. The molecule has 7 nitrogen and oxygen atoms in total. The summed E-state index contributed by atoms with van der Waals surface area (Å²) in [6, 6.07) is 14.7. The number of benzene rings is 2. The van der Waals surface area contributed by atoms with E-state index in [4.69, 9.17) is 11.6 Å². The van der Waals surface area contributed by atoms with Gasteiger partial charge in [0.15, 0.2) is 11.0 Å². The van der Waals surface area contributed by atoms with Crippen LogP contribution in [0.4, 0.5) is 5.69 Å². The second-order valence-electron chi connectivity index (χ2n) is 7.23. The zero-order valence-electron chi connectivity index (χ0n) is 17.6. The maximum absolute atomic E-state index is 12.3. The Labute approximate surface area is 190 Å². The first kappa shape index (κ1) is 22.8. The molecule has 0 aliphatic heterocycles. The van der Waals surface area contributed by atoms with Crippen LogP contribution in [0.25, 0.3) is 0 Å². The summed E-state index contributed by atoms with van der Waals surface area (Å²) >= 11 is 7.33. The van der Waals surface area contributed by atoms with Crippen LogP contribution in [0.2, 0.25) is 5.02 Å². The van der Waals surface area contributed by atoms with Gasteiger partial charge in [0.2, 0.25) is 5.91 Å². The molecule has 0 saturated heterocycles. The molecule has 9 heteroatoms. The number of carbonyl (C=O) groups excluding carboxylic acids is 2. The summed E-state index contributed by atoms with van der Waals surface area (Å²) < 4.78 is 1.75. The molecular weight excluding hydrogens is 434 g/mol. The zero-order valence-corrected chi connectivity index (χ0v) is 19.1. The Morgan fingerprint density at radius 2 is 1.81 bits per heavy atom. The van der Waals surface area contributed by atoms with Crippen molar-refractivity contribution < 1.29 is 9.59 Å². The Bertz CT molecular complexity index is 1070. The van der Waals surface area contributed by atoms with Gasteiger partial charge >= 0.3 is 0 Å². The van der Waals surface area contributed by atoms with Gasteiger partial charge in [0.1, 0.15) is 0 Å². The minimum absolute atomic E-state index is 0.126. The molecule has 3 aromatic rings. The quantitative estimate of drug-likeness (QED) is 0.493. The molecule has 2 aromatic carbocycles. The highest BCUT2D eigenvalue weighted by molar-refractivity contribution is 7.99. The number of anilines is 1. The van der Waals surface area contributed by atoms with E-state index in [1.165, 1.54) is 17.3 Å². The third kappa shape index (κ3) is 6.08. The second-order valence-corrected chi connectivity index (χ2v) is 8.58. The Morgan fingerprint density at radius 1 is 1.10 bits per heavy atom. The lowest BCUT2D eigenvalue weighted by Crippen LogP contribution is -2.24. The Balaban J connectivity index is 1.51. The monoisotopic (exact) mass is 457 g/mol. The average molecular weight is 458 g/mol. The van der Waals surface area contributed by atoms with Gasteiger partial charge < -0.3 is 15.2 Å². The molecule has 0 spiro atoms. The van der Waals surface area contributed by atoms with Crippen molar-refractivity contribution in [2.75, 3.05) is 11.1 Å². The topological polar surface area (TPSA) is 88.9 Å². The van der Waals surface area contributed by atoms with Crippen LogP contribution in [-0.4, -0.2) is 32.3 Å². The summed E-state index contributed by atoms with van der Waals surface area (Å²) in [5, 5.41) is 14.9. The van der Waals surface area contributed by atoms with Crippen LogP contribution in [0.5, 0.6) is 0 Å². The molecular formula is C22H24ClN5O2S. The van der Waals surface area contributed by atoms with E-state index >= 15 is 0 Å². The van der Waals surface area contributed by atoms with E-state index < -0.39 is 0 Å². The smallest absolute Gasteiger partial charge is 0.253 e. The summed E-state index contributed by atoms with van der Waals surface area (Å²) in [6.45, 7) is 4.45. The predicted molar refractivity (Wildman–Crippen MR) is 124 cm³/mol. The molecule has 162 valence electrons. The molecule has 1 heterocycles. The van der Waals surface area contributed by atoms with E-state index in [0.717, 1.165) is 5.69 Å². The molecule has 0 bridgehead atoms. The van der Waals surface area contributed by atoms with E-state index in [9.17, 15) is 9.59 Å². The molecule has 1 aromatic heterocycles. The fourth-order valence-electron chi connectivity index (χ4n) is 2.80. The third-order valence-electron chi connectivity index (χ3n) is 4.64. The van der Waals surface area contributed by atoms with Crippen LogP contribution in [0.3, 0.4) is 0 Å². The van der Waals surface area contributed by atoms with Crippen molar-refractivity contribution in [3.8, 4) is 0 Å². The zero-order chi connectivity index (χ0) is 22.4. The number of thioether (sulfide) groups is 1. The number of carbonyl (C=O) groups is 2. The highest BCUT2D eigenvalue weighted by Crippen LogP contribution is 2.19. The molecule has 0 unspecified atom stereocenters. The van der Waals surface area contributed by atoms with Gasteiger partial charge in [-0.3, -0.25) is 9.59 Å². The minimum atomic E-state index is -0.286. The van der Waals surface area contributed by atoms with Crippen molar-refractivity contribution in [2.24, 2.45) is 7.05 Å². The van der Waals surface area contributed by atoms with Crippen molar-refractivity contribution >= 4 is 40.9 Å². The number of nitrogens with one attached hydrogen (secondary N) is 2. The van der Waals surface area contributed by atoms with Gasteiger partial charge in [0.05, 0.1) is 22.9 Å². The number of amides is 2. The number of aromatic nitrogens is 3. The summed E-state index contributed by atoms with van der Waals surface area (Å²) in [5.74, 6) is 0.807. The lowest BCUT2D eigenvalue weighted by molar-refractivity contribution is -0.113. The average Bonchev–Trinajstić information content (AvgIpc) is 3.10. The molecule has 2 N–H and O–H groups in total. The number of hydrogen-bond acceptors (Lipinski definition) is 5. The lowest BCUT2D eigenvalue weighted by Gasteiger charge is -2.09. The molecule has 2 amide bonds.